The van der Waals surface area contributed by atoms with Gasteiger partial charge in [-0.2, -0.15) is 4.98 Å². The minimum Gasteiger partial charge on any atom is -0.385 e. The van der Waals surface area contributed by atoms with Crippen LogP contribution in [0.2, 0.25) is 5.02 Å². The summed E-state index contributed by atoms with van der Waals surface area (Å²) < 4.78 is 11.0. The monoisotopic (exact) mass is 468 g/mol. The number of methoxy groups -OCH3 is 1. The van der Waals surface area contributed by atoms with Crippen molar-refractivity contribution in [2.24, 2.45) is 0 Å². The summed E-state index contributed by atoms with van der Waals surface area (Å²) in [5.41, 5.74) is 4.86. The first-order valence-electron chi connectivity index (χ1n) is 10.4. The molecule has 0 saturated heterocycles. The van der Waals surface area contributed by atoms with Crippen LogP contribution in [0.1, 0.15) is 36.4 Å². The summed E-state index contributed by atoms with van der Waals surface area (Å²) in [4.78, 5) is 6.80. The number of allylic oxidation sites excluding steroid dienone is 1. The van der Waals surface area contributed by atoms with Crippen LogP contribution in [0.3, 0.4) is 0 Å². The number of thiocarbonyl (C=S) groups is 1. The maximum atomic E-state index is 6.29. The molecule has 3 aromatic rings. The Morgan fingerprint density at radius 1 is 1.19 bits per heavy atom. The Bertz CT molecular complexity index is 1160. The highest BCUT2D eigenvalue weighted by atomic mass is 35.5. The summed E-state index contributed by atoms with van der Waals surface area (Å²) >= 11 is 12.0. The lowest BCUT2D eigenvalue weighted by atomic mass is 9.94. The number of hydrogen-bond donors (Lipinski definition) is 1. The van der Waals surface area contributed by atoms with Crippen LogP contribution in [0.5, 0.6) is 0 Å². The van der Waals surface area contributed by atoms with E-state index in [9.17, 15) is 0 Å². The second-order valence-corrected chi connectivity index (χ2v) is 8.55. The van der Waals surface area contributed by atoms with Crippen LogP contribution in [0.4, 0.5) is 0 Å². The Balaban J connectivity index is 1.78. The Hall–Kier alpha value is -2.74. The average Bonchev–Trinajstić information content (AvgIpc) is 3.25. The molecule has 4 rings (SSSR count). The van der Waals surface area contributed by atoms with Gasteiger partial charge in [-0.05, 0) is 56.2 Å². The first kappa shape index (κ1) is 22.5. The quantitative estimate of drug-likeness (QED) is 0.368. The Labute approximate surface area is 198 Å². The number of hydrogen-bond acceptors (Lipinski definition) is 5. The molecule has 0 spiro atoms. The van der Waals surface area contributed by atoms with E-state index in [1.54, 1.807) is 7.11 Å². The number of aromatic nitrogens is 2. The van der Waals surface area contributed by atoms with Crippen LogP contribution in [0.25, 0.3) is 17.0 Å². The van der Waals surface area contributed by atoms with E-state index in [1.165, 1.54) is 0 Å². The predicted octanol–water partition coefficient (Wildman–Crippen LogP) is 5.40. The van der Waals surface area contributed by atoms with E-state index in [2.05, 4.69) is 15.4 Å². The number of nitrogens with zero attached hydrogens (tertiary/aromatic N) is 3. The van der Waals surface area contributed by atoms with Crippen molar-refractivity contribution in [2.45, 2.75) is 26.3 Å². The van der Waals surface area contributed by atoms with Crippen molar-refractivity contribution in [3.8, 4) is 11.4 Å². The molecule has 1 N–H and O–H groups in total. The Kier molecular flexibility index (Phi) is 6.89. The molecule has 1 aromatic heterocycles. The van der Waals surface area contributed by atoms with E-state index in [-0.39, 0.29) is 6.04 Å². The fraction of sp³-hybridized carbons (Fsp3) is 0.292. The molecule has 0 fully saturated rings. The van der Waals surface area contributed by atoms with Gasteiger partial charge in [-0.1, -0.05) is 52.7 Å². The third-order valence-electron chi connectivity index (χ3n) is 5.44. The molecule has 8 heteroatoms. The smallest absolute Gasteiger partial charge is 0.258 e. The molecule has 1 aliphatic heterocycles. The van der Waals surface area contributed by atoms with E-state index < -0.39 is 0 Å². The Morgan fingerprint density at radius 2 is 2.00 bits per heavy atom. The zero-order valence-corrected chi connectivity index (χ0v) is 19.8. The van der Waals surface area contributed by atoms with Gasteiger partial charge < -0.3 is 19.5 Å². The second-order valence-electron chi connectivity index (χ2n) is 7.73. The van der Waals surface area contributed by atoms with Gasteiger partial charge in [0.05, 0.1) is 11.6 Å². The van der Waals surface area contributed by atoms with Gasteiger partial charge in [0, 0.05) is 36.5 Å². The van der Waals surface area contributed by atoms with Crippen molar-refractivity contribution >= 4 is 34.5 Å². The van der Waals surface area contributed by atoms with E-state index >= 15 is 0 Å². The average molecular weight is 469 g/mol. The number of nitrogens with one attached hydrogen (secondary N) is 1. The van der Waals surface area contributed by atoms with Crippen molar-refractivity contribution < 1.29 is 9.26 Å². The van der Waals surface area contributed by atoms with Crippen LogP contribution >= 0.6 is 23.8 Å². The Morgan fingerprint density at radius 3 is 2.75 bits per heavy atom. The molecule has 1 unspecified atom stereocenters. The summed E-state index contributed by atoms with van der Waals surface area (Å²) in [6.45, 7) is 5.44. The number of halogens is 1. The molecule has 0 saturated carbocycles. The molecule has 2 heterocycles. The van der Waals surface area contributed by atoms with Crippen LogP contribution in [-0.2, 0) is 4.74 Å². The molecular formula is C24H25ClN4O2S. The van der Waals surface area contributed by atoms with Crippen molar-refractivity contribution in [3.63, 3.8) is 0 Å². The number of aryl methyl sites for hydroxylation is 1. The second kappa shape index (κ2) is 9.81. The SMILES string of the molecule is COCCCN1C(=S)NC(c2cccc(Cl)c2)C(c2nc(-c3cccc(C)c3)no2)=C1C. The molecule has 2 aromatic carbocycles. The zero-order chi connectivity index (χ0) is 22.7. The van der Waals surface area contributed by atoms with Gasteiger partial charge in [0.2, 0.25) is 5.82 Å². The van der Waals surface area contributed by atoms with Crippen LogP contribution in [-0.4, -0.2) is 40.4 Å². The van der Waals surface area contributed by atoms with Crippen LogP contribution in [0, 0.1) is 6.92 Å². The number of ether oxygens (including phenoxy) is 1. The lowest BCUT2D eigenvalue weighted by molar-refractivity contribution is 0.188. The van der Waals surface area contributed by atoms with E-state index in [1.807, 2.05) is 62.4 Å². The highest BCUT2D eigenvalue weighted by Gasteiger charge is 2.34. The maximum absolute atomic E-state index is 6.29. The molecule has 0 bridgehead atoms. The summed E-state index contributed by atoms with van der Waals surface area (Å²) in [5.74, 6) is 1.00. The minimum absolute atomic E-state index is 0.259. The van der Waals surface area contributed by atoms with Gasteiger partial charge in [0.25, 0.3) is 5.89 Å². The zero-order valence-electron chi connectivity index (χ0n) is 18.3. The van der Waals surface area contributed by atoms with Gasteiger partial charge in [-0.15, -0.1) is 0 Å². The molecule has 0 aliphatic carbocycles. The summed E-state index contributed by atoms with van der Waals surface area (Å²) in [6, 6.07) is 15.5. The van der Waals surface area contributed by atoms with E-state index in [0.717, 1.165) is 40.9 Å². The van der Waals surface area contributed by atoms with Crippen LogP contribution in [0.15, 0.2) is 58.8 Å². The molecule has 0 amide bonds. The molecule has 166 valence electrons. The van der Waals surface area contributed by atoms with Crippen LogP contribution < -0.4 is 5.32 Å². The first-order chi connectivity index (χ1) is 15.5. The highest BCUT2D eigenvalue weighted by molar-refractivity contribution is 7.80. The molecule has 1 atom stereocenters. The van der Waals surface area contributed by atoms with E-state index in [0.29, 0.717) is 28.5 Å². The molecule has 32 heavy (non-hydrogen) atoms. The molecule has 1 aliphatic rings. The third-order valence-corrected chi connectivity index (χ3v) is 6.01. The van der Waals surface area contributed by atoms with Crippen molar-refractivity contribution in [3.05, 3.63) is 76.3 Å². The topological polar surface area (TPSA) is 63.4 Å². The van der Waals surface area contributed by atoms with Crippen molar-refractivity contribution in [1.82, 2.24) is 20.4 Å². The summed E-state index contributed by atoms with van der Waals surface area (Å²) in [6.07, 6.45) is 0.836. The van der Waals surface area contributed by atoms with Gasteiger partial charge >= 0.3 is 0 Å². The summed E-state index contributed by atoms with van der Waals surface area (Å²) in [5, 5.41) is 9.00. The van der Waals surface area contributed by atoms with Gasteiger partial charge in [0.1, 0.15) is 0 Å². The molecule has 6 nitrogen and oxygen atoms in total. The fourth-order valence-corrected chi connectivity index (χ4v) is 4.41. The van der Waals surface area contributed by atoms with E-state index in [4.69, 9.17) is 38.1 Å². The number of benzene rings is 2. The highest BCUT2D eigenvalue weighted by Crippen LogP contribution is 2.38. The summed E-state index contributed by atoms with van der Waals surface area (Å²) in [7, 11) is 1.70. The lowest BCUT2D eigenvalue weighted by Crippen LogP contribution is -2.46. The van der Waals surface area contributed by atoms with Gasteiger partial charge in [0.15, 0.2) is 5.11 Å². The number of rotatable bonds is 7. The fourth-order valence-electron chi connectivity index (χ4n) is 3.87. The van der Waals surface area contributed by atoms with Crippen molar-refractivity contribution in [2.75, 3.05) is 20.3 Å². The minimum atomic E-state index is -0.259. The van der Waals surface area contributed by atoms with Gasteiger partial charge in [-0.25, -0.2) is 0 Å². The largest absolute Gasteiger partial charge is 0.385 e. The third kappa shape index (κ3) is 4.70. The molecular weight excluding hydrogens is 444 g/mol. The first-order valence-corrected chi connectivity index (χ1v) is 11.2. The maximum Gasteiger partial charge on any atom is 0.258 e. The van der Waals surface area contributed by atoms with Crippen molar-refractivity contribution in [1.29, 1.82) is 0 Å². The lowest BCUT2D eigenvalue weighted by Gasteiger charge is -2.37. The molecule has 0 radical (unpaired) electrons. The standard InChI is InChI=1S/C24H25ClN4O2S/c1-15-7-4-9-18(13-15)22-27-23(31-28-22)20-16(2)29(11-6-12-30-3)24(32)26-21(20)17-8-5-10-19(25)14-17/h4-5,7-10,13-14,21H,6,11-12H2,1-3H3,(H,26,32). The normalized spacial score (nSPS) is 16.4. The predicted molar refractivity (Wildman–Crippen MR) is 130 cm³/mol. The van der Waals surface area contributed by atoms with Gasteiger partial charge in [-0.3, -0.25) is 0 Å².